The summed E-state index contributed by atoms with van der Waals surface area (Å²) in [4.78, 5) is 0. The molecule has 1 aromatic carbocycles. The first-order chi connectivity index (χ1) is 9.22. The summed E-state index contributed by atoms with van der Waals surface area (Å²) >= 11 is 0. The number of ether oxygens (including phenoxy) is 2. The van der Waals surface area contributed by atoms with Gasteiger partial charge in [-0.3, -0.25) is 0 Å². The van der Waals surface area contributed by atoms with Crippen LogP contribution in [-0.4, -0.2) is 29.2 Å². The second-order valence-corrected chi connectivity index (χ2v) is 5.22. The molecule has 1 fully saturated rings. The summed E-state index contributed by atoms with van der Waals surface area (Å²) in [5.41, 5.74) is 0.815. The second kappa shape index (κ2) is 5.27. The summed E-state index contributed by atoms with van der Waals surface area (Å²) in [6.07, 6.45) is 3.52. The summed E-state index contributed by atoms with van der Waals surface area (Å²) < 4.78 is 10.5. The molecule has 0 bridgehead atoms. The Bertz CT molecular complexity index is 455. The molecule has 104 valence electrons. The number of hydrogen-bond acceptors (Lipinski definition) is 5. The molecular weight excluding hydrogens is 246 g/mol. The van der Waals surface area contributed by atoms with Crippen LogP contribution in [0.4, 0.5) is 0 Å². The molecule has 5 heteroatoms. The molecule has 19 heavy (non-hydrogen) atoms. The molecule has 1 heterocycles. The SMILES string of the molecule is Oc1cc2c(cc1CNC1CCC(O)CC1)OCO2. The maximum absolute atomic E-state index is 9.93. The smallest absolute Gasteiger partial charge is 0.231 e. The van der Waals surface area contributed by atoms with Crippen molar-refractivity contribution in [2.45, 2.75) is 44.4 Å². The number of aromatic hydroxyl groups is 1. The summed E-state index contributed by atoms with van der Waals surface area (Å²) in [7, 11) is 0. The fraction of sp³-hybridized carbons (Fsp3) is 0.571. The Labute approximate surface area is 112 Å². The number of benzene rings is 1. The lowest BCUT2D eigenvalue weighted by atomic mass is 9.93. The van der Waals surface area contributed by atoms with Gasteiger partial charge in [0.05, 0.1) is 6.10 Å². The Kier molecular flexibility index (Phi) is 3.48. The van der Waals surface area contributed by atoms with Crippen molar-refractivity contribution in [1.82, 2.24) is 5.32 Å². The van der Waals surface area contributed by atoms with Crippen molar-refractivity contribution < 1.29 is 19.7 Å². The van der Waals surface area contributed by atoms with Crippen molar-refractivity contribution >= 4 is 0 Å². The highest BCUT2D eigenvalue weighted by molar-refractivity contribution is 5.51. The molecule has 0 radical (unpaired) electrons. The molecule has 0 spiro atoms. The van der Waals surface area contributed by atoms with Crippen LogP contribution in [0.2, 0.25) is 0 Å². The number of hydrogen-bond donors (Lipinski definition) is 3. The van der Waals surface area contributed by atoms with Gasteiger partial charge in [0.25, 0.3) is 0 Å². The molecule has 2 aliphatic rings. The number of nitrogens with one attached hydrogen (secondary N) is 1. The van der Waals surface area contributed by atoms with Crippen molar-refractivity contribution in [1.29, 1.82) is 0 Å². The lowest BCUT2D eigenvalue weighted by Crippen LogP contribution is -2.34. The molecule has 0 aromatic heterocycles. The van der Waals surface area contributed by atoms with Crippen molar-refractivity contribution in [3.8, 4) is 17.2 Å². The molecular formula is C14H19NO4. The van der Waals surface area contributed by atoms with E-state index in [9.17, 15) is 10.2 Å². The van der Waals surface area contributed by atoms with Gasteiger partial charge in [0.15, 0.2) is 11.5 Å². The van der Waals surface area contributed by atoms with E-state index in [1.54, 1.807) is 6.07 Å². The highest BCUT2D eigenvalue weighted by Gasteiger charge is 2.20. The minimum absolute atomic E-state index is 0.142. The van der Waals surface area contributed by atoms with Gasteiger partial charge in [-0.15, -0.1) is 0 Å². The van der Waals surface area contributed by atoms with Gasteiger partial charge >= 0.3 is 0 Å². The highest BCUT2D eigenvalue weighted by Crippen LogP contribution is 2.37. The van der Waals surface area contributed by atoms with E-state index in [1.165, 1.54) is 0 Å². The fourth-order valence-electron chi connectivity index (χ4n) is 2.65. The van der Waals surface area contributed by atoms with E-state index in [4.69, 9.17) is 9.47 Å². The van der Waals surface area contributed by atoms with Gasteiger partial charge in [0.1, 0.15) is 5.75 Å². The number of rotatable bonds is 3. The predicted octanol–water partition coefficient (Wildman–Crippen LogP) is 1.51. The molecule has 0 saturated heterocycles. The maximum Gasteiger partial charge on any atom is 0.231 e. The third kappa shape index (κ3) is 2.77. The topological polar surface area (TPSA) is 71.0 Å². The number of aliphatic hydroxyl groups excluding tert-OH is 1. The highest BCUT2D eigenvalue weighted by atomic mass is 16.7. The van der Waals surface area contributed by atoms with Crippen molar-refractivity contribution in [2.75, 3.05) is 6.79 Å². The van der Waals surface area contributed by atoms with E-state index in [2.05, 4.69) is 5.32 Å². The Hall–Kier alpha value is -1.46. The summed E-state index contributed by atoms with van der Waals surface area (Å²) in [5.74, 6) is 1.52. The van der Waals surface area contributed by atoms with Gasteiger partial charge < -0.3 is 25.0 Å². The normalized spacial score (nSPS) is 25.5. The molecule has 0 atom stereocenters. The minimum atomic E-state index is -0.142. The van der Waals surface area contributed by atoms with E-state index in [0.29, 0.717) is 24.1 Å². The molecule has 0 amide bonds. The number of phenolic OH excluding ortho intramolecular Hbond substituents is 1. The van der Waals surface area contributed by atoms with Crippen LogP contribution in [0.3, 0.4) is 0 Å². The van der Waals surface area contributed by atoms with Gasteiger partial charge in [-0.2, -0.15) is 0 Å². The molecule has 3 rings (SSSR count). The largest absolute Gasteiger partial charge is 0.507 e. The Balaban J connectivity index is 1.61. The van der Waals surface area contributed by atoms with Crippen LogP contribution in [0.25, 0.3) is 0 Å². The van der Waals surface area contributed by atoms with Gasteiger partial charge in [0, 0.05) is 24.2 Å². The third-order valence-corrected chi connectivity index (χ3v) is 3.85. The molecule has 1 aliphatic carbocycles. The lowest BCUT2D eigenvalue weighted by Gasteiger charge is -2.26. The predicted molar refractivity (Wildman–Crippen MR) is 69.3 cm³/mol. The molecule has 1 saturated carbocycles. The molecule has 3 N–H and O–H groups in total. The number of aliphatic hydroxyl groups is 1. The van der Waals surface area contributed by atoms with Crippen LogP contribution in [0, 0.1) is 0 Å². The summed E-state index contributed by atoms with van der Waals surface area (Å²) in [5, 5.41) is 22.8. The van der Waals surface area contributed by atoms with E-state index in [-0.39, 0.29) is 18.6 Å². The Morgan fingerprint density at radius 3 is 2.53 bits per heavy atom. The van der Waals surface area contributed by atoms with Gasteiger partial charge in [-0.05, 0) is 31.7 Å². The van der Waals surface area contributed by atoms with E-state index in [0.717, 1.165) is 31.2 Å². The van der Waals surface area contributed by atoms with E-state index in [1.807, 2.05) is 6.07 Å². The Morgan fingerprint density at radius 1 is 1.11 bits per heavy atom. The molecule has 1 aliphatic heterocycles. The summed E-state index contributed by atoms with van der Waals surface area (Å²) in [6.45, 7) is 0.815. The van der Waals surface area contributed by atoms with Crippen LogP contribution >= 0.6 is 0 Å². The van der Waals surface area contributed by atoms with Crippen molar-refractivity contribution in [3.05, 3.63) is 17.7 Å². The monoisotopic (exact) mass is 265 g/mol. The quantitative estimate of drug-likeness (QED) is 0.773. The van der Waals surface area contributed by atoms with Crippen molar-refractivity contribution in [3.63, 3.8) is 0 Å². The van der Waals surface area contributed by atoms with Crippen LogP contribution in [0.1, 0.15) is 31.2 Å². The number of fused-ring (bicyclic) bond motifs is 1. The first-order valence-corrected chi connectivity index (χ1v) is 6.75. The average molecular weight is 265 g/mol. The number of phenols is 1. The maximum atomic E-state index is 9.93. The average Bonchev–Trinajstić information content (AvgIpc) is 2.85. The summed E-state index contributed by atoms with van der Waals surface area (Å²) in [6, 6.07) is 3.83. The van der Waals surface area contributed by atoms with Crippen LogP contribution < -0.4 is 14.8 Å². The van der Waals surface area contributed by atoms with Gasteiger partial charge in [0.2, 0.25) is 6.79 Å². The second-order valence-electron chi connectivity index (χ2n) is 5.22. The lowest BCUT2D eigenvalue weighted by molar-refractivity contribution is 0.116. The van der Waals surface area contributed by atoms with E-state index < -0.39 is 0 Å². The zero-order valence-electron chi connectivity index (χ0n) is 10.8. The minimum Gasteiger partial charge on any atom is -0.507 e. The third-order valence-electron chi connectivity index (χ3n) is 3.85. The van der Waals surface area contributed by atoms with Gasteiger partial charge in [-0.25, -0.2) is 0 Å². The molecule has 5 nitrogen and oxygen atoms in total. The zero-order valence-corrected chi connectivity index (χ0v) is 10.8. The van der Waals surface area contributed by atoms with Crippen molar-refractivity contribution in [2.24, 2.45) is 0 Å². The van der Waals surface area contributed by atoms with Crippen LogP contribution in [0.5, 0.6) is 17.2 Å². The van der Waals surface area contributed by atoms with Crippen LogP contribution in [-0.2, 0) is 6.54 Å². The molecule has 0 unspecified atom stereocenters. The standard InChI is InChI=1S/C14H19NO4/c16-11-3-1-10(2-4-11)15-7-9-5-13-14(6-12(9)17)19-8-18-13/h5-6,10-11,15-17H,1-4,7-8H2. The first-order valence-electron chi connectivity index (χ1n) is 6.75. The zero-order chi connectivity index (χ0) is 13.2. The first kappa shape index (κ1) is 12.6. The fourth-order valence-corrected chi connectivity index (χ4v) is 2.65. The Morgan fingerprint density at radius 2 is 1.79 bits per heavy atom. The van der Waals surface area contributed by atoms with Crippen LogP contribution in [0.15, 0.2) is 12.1 Å². The molecule has 1 aromatic rings. The van der Waals surface area contributed by atoms with Gasteiger partial charge in [-0.1, -0.05) is 0 Å². The van der Waals surface area contributed by atoms with E-state index >= 15 is 0 Å².